The van der Waals surface area contributed by atoms with Crippen LogP contribution in [-0.2, 0) is 0 Å². The van der Waals surface area contributed by atoms with E-state index in [4.69, 9.17) is 0 Å². The molecule has 8 nitrogen and oxygen atoms in total. The molecular formula is C16H18N4O4. The molecule has 1 aliphatic rings. The van der Waals surface area contributed by atoms with Crippen molar-refractivity contribution in [1.29, 1.82) is 0 Å². The fourth-order valence-electron chi connectivity index (χ4n) is 2.56. The molecule has 3 rings (SSSR count). The quantitative estimate of drug-likeness (QED) is 0.491. The molecule has 4 N–H and O–H groups in total. The van der Waals surface area contributed by atoms with Gasteiger partial charge in [-0.1, -0.05) is 6.07 Å². The maximum Gasteiger partial charge on any atom is 0.321 e. The van der Waals surface area contributed by atoms with Crippen LogP contribution in [0, 0.1) is 0 Å². The van der Waals surface area contributed by atoms with Crippen molar-refractivity contribution in [3.8, 4) is 17.2 Å². The highest BCUT2D eigenvalue weighted by atomic mass is 16.3. The molecule has 1 saturated heterocycles. The zero-order valence-electron chi connectivity index (χ0n) is 12.9. The molecule has 0 spiro atoms. The summed E-state index contributed by atoms with van der Waals surface area (Å²) >= 11 is 0. The number of aromatic hydroxyl groups is 3. The van der Waals surface area contributed by atoms with Gasteiger partial charge in [0, 0.05) is 44.5 Å². The predicted molar refractivity (Wildman–Crippen MR) is 88.5 cm³/mol. The number of carbonyl (C=O) groups is 1. The van der Waals surface area contributed by atoms with Gasteiger partial charge in [-0.3, -0.25) is 0 Å². The monoisotopic (exact) mass is 330 g/mol. The van der Waals surface area contributed by atoms with Gasteiger partial charge >= 0.3 is 6.03 Å². The van der Waals surface area contributed by atoms with Crippen LogP contribution in [0.4, 0.5) is 16.3 Å². The van der Waals surface area contributed by atoms with E-state index in [0.717, 1.165) is 5.82 Å². The highest BCUT2D eigenvalue weighted by molar-refractivity contribution is 5.90. The van der Waals surface area contributed by atoms with Crippen molar-refractivity contribution in [1.82, 2.24) is 9.88 Å². The molecule has 1 aliphatic heterocycles. The Morgan fingerprint density at radius 2 is 1.71 bits per heavy atom. The Morgan fingerprint density at radius 1 is 1.04 bits per heavy atom. The summed E-state index contributed by atoms with van der Waals surface area (Å²) in [5.74, 6) is -0.724. The van der Waals surface area contributed by atoms with E-state index in [-0.39, 0.29) is 11.7 Å². The van der Waals surface area contributed by atoms with E-state index < -0.39 is 17.2 Å². The standard InChI is InChI=1S/C16H18N4O4/c21-12-9-11(10-13(22)15(12)23)18-16(24)20-7-5-19(6-8-20)14-3-1-2-4-17-14/h1-4,9-10,21-23H,5-8H2,(H,18,24). The lowest BCUT2D eigenvalue weighted by Crippen LogP contribution is -2.50. The van der Waals surface area contributed by atoms with Crippen LogP contribution in [0.15, 0.2) is 36.5 Å². The minimum absolute atomic E-state index is 0.208. The second kappa shape index (κ2) is 6.53. The van der Waals surface area contributed by atoms with Crippen LogP contribution in [0.2, 0.25) is 0 Å². The number of hydrogen-bond acceptors (Lipinski definition) is 6. The molecule has 24 heavy (non-hydrogen) atoms. The van der Waals surface area contributed by atoms with Gasteiger partial charge in [-0.25, -0.2) is 9.78 Å². The Hall–Kier alpha value is -3.16. The van der Waals surface area contributed by atoms with Crippen LogP contribution in [0.25, 0.3) is 0 Å². The van der Waals surface area contributed by atoms with Crippen molar-refractivity contribution >= 4 is 17.5 Å². The Bertz CT molecular complexity index is 707. The summed E-state index contributed by atoms with van der Waals surface area (Å²) < 4.78 is 0. The SMILES string of the molecule is O=C(Nc1cc(O)c(O)c(O)c1)N1CCN(c2ccccn2)CC1. The summed E-state index contributed by atoms with van der Waals surface area (Å²) in [4.78, 5) is 20.3. The second-order valence-corrected chi connectivity index (χ2v) is 5.46. The molecule has 0 radical (unpaired) electrons. The lowest BCUT2D eigenvalue weighted by atomic mass is 10.2. The van der Waals surface area contributed by atoms with E-state index in [1.807, 2.05) is 18.2 Å². The average Bonchev–Trinajstić information content (AvgIpc) is 2.60. The number of aromatic nitrogens is 1. The Morgan fingerprint density at radius 3 is 2.29 bits per heavy atom. The Labute approximate surface area is 138 Å². The molecule has 2 heterocycles. The third kappa shape index (κ3) is 3.27. The summed E-state index contributed by atoms with van der Waals surface area (Å²) in [6.45, 7) is 2.38. The molecule has 0 aliphatic carbocycles. The second-order valence-electron chi connectivity index (χ2n) is 5.46. The van der Waals surface area contributed by atoms with Crippen molar-refractivity contribution in [2.24, 2.45) is 0 Å². The number of phenolic OH excluding ortho intramolecular Hbond substituents is 3. The number of urea groups is 1. The molecule has 8 heteroatoms. The largest absolute Gasteiger partial charge is 0.504 e. The predicted octanol–water partition coefficient (Wildman–Crippen LogP) is 1.55. The average molecular weight is 330 g/mol. The molecule has 1 fully saturated rings. The molecular weight excluding hydrogens is 312 g/mol. The van der Waals surface area contributed by atoms with Gasteiger partial charge in [0.1, 0.15) is 5.82 Å². The highest BCUT2D eigenvalue weighted by Crippen LogP contribution is 2.37. The number of carbonyl (C=O) groups excluding carboxylic acids is 1. The number of phenols is 3. The van der Waals surface area contributed by atoms with E-state index in [1.165, 1.54) is 12.1 Å². The first-order chi connectivity index (χ1) is 11.5. The van der Waals surface area contributed by atoms with E-state index in [9.17, 15) is 20.1 Å². The Balaban J connectivity index is 1.59. The number of nitrogens with one attached hydrogen (secondary N) is 1. The van der Waals surface area contributed by atoms with E-state index in [2.05, 4.69) is 15.2 Å². The molecule has 1 aromatic carbocycles. The van der Waals surface area contributed by atoms with Crippen LogP contribution in [0.3, 0.4) is 0 Å². The first-order valence-electron chi connectivity index (χ1n) is 7.51. The lowest BCUT2D eigenvalue weighted by Gasteiger charge is -2.35. The van der Waals surface area contributed by atoms with Gasteiger partial charge < -0.3 is 30.4 Å². The molecule has 126 valence electrons. The van der Waals surface area contributed by atoms with E-state index >= 15 is 0 Å². The molecule has 2 aromatic rings. The molecule has 0 bridgehead atoms. The smallest absolute Gasteiger partial charge is 0.321 e. The first-order valence-corrected chi connectivity index (χ1v) is 7.51. The van der Waals surface area contributed by atoms with Gasteiger partial charge in [0.2, 0.25) is 0 Å². The van der Waals surface area contributed by atoms with E-state index in [1.54, 1.807) is 11.1 Å². The number of pyridine rings is 1. The zero-order valence-corrected chi connectivity index (χ0v) is 12.9. The Kier molecular flexibility index (Phi) is 4.28. The zero-order chi connectivity index (χ0) is 17.1. The minimum Gasteiger partial charge on any atom is -0.504 e. The van der Waals surface area contributed by atoms with Crippen molar-refractivity contribution in [3.05, 3.63) is 36.5 Å². The van der Waals surface area contributed by atoms with Gasteiger partial charge in [0.25, 0.3) is 0 Å². The maximum atomic E-state index is 12.3. The topological polar surface area (TPSA) is 109 Å². The minimum atomic E-state index is -0.614. The summed E-state index contributed by atoms with van der Waals surface area (Å²) in [6.07, 6.45) is 1.73. The normalized spacial score (nSPS) is 14.5. The summed E-state index contributed by atoms with van der Waals surface area (Å²) in [6, 6.07) is 7.73. The fourth-order valence-corrected chi connectivity index (χ4v) is 2.56. The molecule has 0 atom stereocenters. The number of benzene rings is 1. The van der Waals surface area contributed by atoms with Gasteiger partial charge in [0.15, 0.2) is 17.2 Å². The fraction of sp³-hybridized carbons (Fsp3) is 0.250. The molecule has 0 unspecified atom stereocenters. The number of hydrogen-bond donors (Lipinski definition) is 4. The van der Waals surface area contributed by atoms with Crippen LogP contribution < -0.4 is 10.2 Å². The van der Waals surface area contributed by atoms with Crippen LogP contribution >= 0.6 is 0 Å². The lowest BCUT2D eigenvalue weighted by molar-refractivity contribution is 0.208. The van der Waals surface area contributed by atoms with Crippen molar-refractivity contribution in [3.63, 3.8) is 0 Å². The molecule has 0 saturated carbocycles. The summed E-state index contributed by atoms with van der Waals surface area (Å²) in [7, 11) is 0. The third-order valence-corrected chi connectivity index (χ3v) is 3.86. The number of nitrogens with zero attached hydrogens (tertiary/aromatic N) is 3. The van der Waals surface area contributed by atoms with Crippen LogP contribution in [0.5, 0.6) is 17.2 Å². The van der Waals surface area contributed by atoms with Gasteiger partial charge in [0.05, 0.1) is 5.69 Å². The van der Waals surface area contributed by atoms with Crippen LogP contribution in [0.1, 0.15) is 0 Å². The third-order valence-electron chi connectivity index (χ3n) is 3.86. The van der Waals surface area contributed by atoms with Crippen LogP contribution in [-0.4, -0.2) is 57.4 Å². The summed E-state index contributed by atoms with van der Waals surface area (Å²) in [5.41, 5.74) is 0.208. The van der Waals surface area contributed by atoms with Gasteiger partial charge in [-0.2, -0.15) is 0 Å². The number of amides is 2. The van der Waals surface area contributed by atoms with Gasteiger partial charge in [-0.15, -0.1) is 0 Å². The molecule has 2 amide bonds. The number of rotatable bonds is 2. The van der Waals surface area contributed by atoms with Crippen molar-refractivity contribution in [2.45, 2.75) is 0 Å². The highest BCUT2D eigenvalue weighted by Gasteiger charge is 2.22. The van der Waals surface area contributed by atoms with Crippen molar-refractivity contribution < 1.29 is 20.1 Å². The van der Waals surface area contributed by atoms with E-state index in [0.29, 0.717) is 26.2 Å². The summed E-state index contributed by atoms with van der Waals surface area (Å²) in [5, 5.41) is 30.9. The van der Waals surface area contributed by atoms with Crippen molar-refractivity contribution in [2.75, 3.05) is 36.4 Å². The first kappa shape index (κ1) is 15.7. The van der Waals surface area contributed by atoms with Gasteiger partial charge in [-0.05, 0) is 12.1 Å². The number of anilines is 2. The number of piperazine rings is 1. The molecule has 1 aromatic heterocycles. The maximum absolute atomic E-state index is 12.3.